The van der Waals surface area contributed by atoms with Crippen LogP contribution in [-0.4, -0.2) is 48.3 Å². The second kappa shape index (κ2) is 14.8. The zero-order valence-corrected chi connectivity index (χ0v) is 13.8. The molecule has 0 aliphatic carbocycles. The van der Waals surface area contributed by atoms with Crippen LogP contribution >= 0.6 is 0 Å². The van der Waals surface area contributed by atoms with Gasteiger partial charge in [-0.15, -0.1) is 0 Å². The molecule has 6 nitrogen and oxygen atoms in total. The maximum absolute atomic E-state index is 10.1. The van der Waals surface area contributed by atoms with E-state index in [0.29, 0.717) is 0 Å². The van der Waals surface area contributed by atoms with E-state index in [9.17, 15) is 9.59 Å². The lowest BCUT2D eigenvalue weighted by molar-refractivity contribution is -0.142. The van der Waals surface area contributed by atoms with Crippen molar-refractivity contribution in [2.75, 3.05) is 26.2 Å². The molecule has 1 atom stereocenters. The van der Waals surface area contributed by atoms with E-state index >= 15 is 0 Å². The fraction of sp³-hybridized carbons (Fsp3) is 0.875. The van der Waals surface area contributed by atoms with E-state index in [-0.39, 0.29) is 12.8 Å². The van der Waals surface area contributed by atoms with Gasteiger partial charge in [-0.2, -0.15) is 0 Å². The molecule has 2 heterocycles. The predicted molar refractivity (Wildman–Crippen MR) is 87.1 cm³/mol. The number of nitrogens with one attached hydrogen (secondary N) is 2. The number of hydrogen-bond donors (Lipinski definition) is 4. The van der Waals surface area contributed by atoms with Crippen molar-refractivity contribution >= 4 is 11.9 Å². The zero-order chi connectivity index (χ0) is 16.6. The second-order valence-corrected chi connectivity index (χ2v) is 5.79. The first-order chi connectivity index (χ1) is 10.5. The van der Waals surface area contributed by atoms with Crippen molar-refractivity contribution in [3.05, 3.63) is 0 Å². The van der Waals surface area contributed by atoms with Crippen LogP contribution in [0.1, 0.15) is 58.3 Å². The monoisotopic (exact) mass is 316 g/mol. The Morgan fingerprint density at radius 1 is 0.864 bits per heavy atom. The second-order valence-electron chi connectivity index (χ2n) is 5.79. The number of piperidine rings is 2. The van der Waals surface area contributed by atoms with Gasteiger partial charge in [-0.05, 0) is 58.3 Å². The smallest absolute Gasteiger partial charge is 0.306 e. The zero-order valence-electron chi connectivity index (χ0n) is 13.8. The normalized spacial score (nSPS) is 18.8. The van der Waals surface area contributed by atoms with E-state index in [1.54, 1.807) is 0 Å². The van der Waals surface area contributed by atoms with Crippen LogP contribution in [-0.2, 0) is 9.59 Å². The van der Waals surface area contributed by atoms with Gasteiger partial charge in [0.05, 0.1) is 5.92 Å². The van der Waals surface area contributed by atoms with Crippen LogP contribution in [0.2, 0.25) is 0 Å². The summed E-state index contributed by atoms with van der Waals surface area (Å²) in [7, 11) is 0. The number of aliphatic carboxylic acids is 2. The number of rotatable bonds is 4. The van der Waals surface area contributed by atoms with Gasteiger partial charge in [0.25, 0.3) is 0 Å². The first-order valence-electron chi connectivity index (χ1n) is 8.40. The molecule has 0 amide bonds. The highest BCUT2D eigenvalue weighted by Gasteiger charge is 2.11. The molecule has 130 valence electrons. The quantitative estimate of drug-likeness (QED) is 0.634. The highest BCUT2D eigenvalue weighted by atomic mass is 16.4. The molecule has 2 aliphatic rings. The highest BCUT2D eigenvalue weighted by Crippen LogP contribution is 2.04. The molecule has 22 heavy (non-hydrogen) atoms. The number of carbonyl (C=O) groups is 2. The molecule has 0 aromatic heterocycles. The maximum Gasteiger partial charge on any atom is 0.306 e. The number of hydrogen-bond acceptors (Lipinski definition) is 4. The Balaban J connectivity index is 0.000000315. The fourth-order valence-corrected chi connectivity index (χ4v) is 2.07. The molecule has 2 saturated heterocycles. The van der Waals surface area contributed by atoms with Gasteiger partial charge in [-0.3, -0.25) is 9.59 Å². The molecule has 2 fully saturated rings. The summed E-state index contributed by atoms with van der Waals surface area (Å²) in [5.74, 6) is -2.45. The van der Waals surface area contributed by atoms with Gasteiger partial charge in [-0.25, -0.2) is 0 Å². The molecule has 6 heteroatoms. The standard InChI is InChI=1S/C6H10O4.2C5H11N/c1-4(6(9)10)2-3-5(7)8;2*1-2-4-6-5-3-1/h4H,2-3H2,1H3,(H,7,8)(H,9,10);2*6H,1-5H2. The minimum absolute atomic E-state index is 0.0759. The third-order valence-electron chi connectivity index (χ3n) is 3.63. The maximum atomic E-state index is 10.1. The minimum atomic E-state index is -0.951. The molecule has 2 rings (SSSR count). The summed E-state index contributed by atoms with van der Waals surface area (Å²) in [5, 5.41) is 23.0. The lowest BCUT2D eigenvalue weighted by Gasteiger charge is -2.08. The van der Waals surface area contributed by atoms with Crippen LogP contribution in [0.3, 0.4) is 0 Å². The van der Waals surface area contributed by atoms with Crippen LogP contribution in [0.5, 0.6) is 0 Å². The van der Waals surface area contributed by atoms with Crippen LogP contribution in [0.4, 0.5) is 0 Å². The Bertz CT molecular complexity index is 255. The molecule has 0 bridgehead atoms. The van der Waals surface area contributed by atoms with E-state index < -0.39 is 17.9 Å². The molecule has 0 saturated carbocycles. The lowest BCUT2D eigenvalue weighted by atomic mass is 10.1. The summed E-state index contributed by atoms with van der Waals surface area (Å²) in [6, 6.07) is 0. The Hall–Kier alpha value is -1.14. The summed E-state index contributed by atoms with van der Waals surface area (Å²) >= 11 is 0. The van der Waals surface area contributed by atoms with Crippen molar-refractivity contribution in [1.82, 2.24) is 10.6 Å². The van der Waals surface area contributed by atoms with Crippen molar-refractivity contribution in [3.8, 4) is 0 Å². The van der Waals surface area contributed by atoms with Crippen LogP contribution in [0, 0.1) is 5.92 Å². The summed E-state index contributed by atoms with van der Waals surface area (Å²) in [6.07, 6.45) is 8.55. The van der Waals surface area contributed by atoms with Gasteiger partial charge >= 0.3 is 11.9 Å². The van der Waals surface area contributed by atoms with E-state index in [0.717, 1.165) is 0 Å². The molecule has 4 N–H and O–H groups in total. The summed E-state index contributed by atoms with van der Waals surface area (Å²) in [4.78, 5) is 20.1. The van der Waals surface area contributed by atoms with Crippen molar-refractivity contribution < 1.29 is 19.8 Å². The predicted octanol–water partition coefficient (Wildman–Crippen LogP) is 2.09. The summed E-state index contributed by atoms with van der Waals surface area (Å²) in [5.41, 5.74) is 0. The van der Waals surface area contributed by atoms with E-state index in [1.807, 2.05) is 0 Å². The largest absolute Gasteiger partial charge is 0.481 e. The minimum Gasteiger partial charge on any atom is -0.481 e. The first-order valence-corrected chi connectivity index (χ1v) is 8.40. The van der Waals surface area contributed by atoms with Crippen LogP contribution in [0.15, 0.2) is 0 Å². The van der Waals surface area contributed by atoms with Gasteiger partial charge in [0, 0.05) is 6.42 Å². The van der Waals surface area contributed by atoms with Crippen LogP contribution in [0.25, 0.3) is 0 Å². The van der Waals surface area contributed by atoms with Crippen molar-refractivity contribution in [3.63, 3.8) is 0 Å². The number of carboxylic acids is 2. The SMILES string of the molecule is C1CCNCC1.C1CCNCC1.CC(CCC(=O)O)C(=O)O. The third-order valence-corrected chi connectivity index (χ3v) is 3.63. The molecule has 0 aromatic rings. The molecule has 0 spiro atoms. The Kier molecular flexibility index (Phi) is 14.0. The van der Waals surface area contributed by atoms with Gasteiger partial charge in [0.2, 0.25) is 0 Å². The average molecular weight is 316 g/mol. The topological polar surface area (TPSA) is 98.7 Å². The van der Waals surface area contributed by atoms with Crippen LogP contribution < -0.4 is 10.6 Å². The van der Waals surface area contributed by atoms with Crippen molar-refractivity contribution in [1.29, 1.82) is 0 Å². The van der Waals surface area contributed by atoms with Gasteiger partial charge in [-0.1, -0.05) is 19.8 Å². The van der Waals surface area contributed by atoms with E-state index in [1.165, 1.54) is 71.6 Å². The Morgan fingerprint density at radius 3 is 1.45 bits per heavy atom. The molecule has 0 aromatic carbocycles. The third kappa shape index (κ3) is 15.3. The van der Waals surface area contributed by atoms with Gasteiger partial charge in [0.1, 0.15) is 0 Å². The fourth-order valence-electron chi connectivity index (χ4n) is 2.07. The summed E-state index contributed by atoms with van der Waals surface area (Å²) in [6.45, 7) is 6.49. The van der Waals surface area contributed by atoms with E-state index in [4.69, 9.17) is 10.2 Å². The molecule has 2 aliphatic heterocycles. The van der Waals surface area contributed by atoms with Gasteiger partial charge in [0.15, 0.2) is 0 Å². The summed E-state index contributed by atoms with van der Waals surface area (Å²) < 4.78 is 0. The lowest BCUT2D eigenvalue weighted by Crippen LogP contribution is -2.21. The molecular weight excluding hydrogens is 284 g/mol. The van der Waals surface area contributed by atoms with Crippen molar-refractivity contribution in [2.45, 2.75) is 58.3 Å². The van der Waals surface area contributed by atoms with Crippen molar-refractivity contribution in [2.24, 2.45) is 5.92 Å². The molecular formula is C16H32N2O4. The molecule has 0 radical (unpaired) electrons. The number of carboxylic acid groups (broad SMARTS) is 2. The highest BCUT2D eigenvalue weighted by molar-refractivity contribution is 5.71. The van der Waals surface area contributed by atoms with E-state index in [2.05, 4.69) is 10.6 Å². The first kappa shape index (κ1) is 20.9. The molecule has 1 unspecified atom stereocenters. The Labute approximate surface area is 133 Å². The van der Waals surface area contributed by atoms with Gasteiger partial charge < -0.3 is 20.8 Å². The average Bonchev–Trinajstić information content (AvgIpc) is 2.57. The Morgan fingerprint density at radius 2 is 1.27 bits per heavy atom.